The van der Waals surface area contributed by atoms with Gasteiger partial charge in [0.15, 0.2) is 0 Å². The summed E-state index contributed by atoms with van der Waals surface area (Å²) in [6.45, 7) is 0.707. The Morgan fingerprint density at radius 1 is 1.67 bits per heavy atom. The molecule has 4 heteroatoms. The van der Waals surface area contributed by atoms with Crippen molar-refractivity contribution in [2.24, 2.45) is 0 Å². The molecule has 0 bridgehead atoms. The Kier molecular flexibility index (Phi) is 8.85. The quantitative estimate of drug-likeness (QED) is 0.437. The molecular weight excluding hydrogens is 238 g/mol. The van der Waals surface area contributed by atoms with E-state index < -0.39 is 0 Å². The van der Waals surface area contributed by atoms with Crippen LogP contribution in [0.15, 0.2) is 0 Å². The van der Waals surface area contributed by atoms with Crippen LogP contribution in [0.4, 0.5) is 0 Å². The minimum absolute atomic E-state index is 0.0909. The highest BCUT2D eigenvalue weighted by Crippen LogP contribution is 1.95. The number of thioether (sulfide) groups is 1. The van der Waals surface area contributed by atoms with Crippen LogP contribution < -0.4 is 5.32 Å². The standard InChI is InChI=1S/C8H12BrNOS/c1-2-6-12-7-5-10-8(11)3-4-9/h1H,3-7H2,(H,10,11). The Hall–Kier alpha value is -0.140. The summed E-state index contributed by atoms with van der Waals surface area (Å²) in [5.41, 5.74) is 0. The van der Waals surface area contributed by atoms with Gasteiger partial charge in [0.05, 0.1) is 5.75 Å². The summed E-state index contributed by atoms with van der Waals surface area (Å²) in [7, 11) is 0. The van der Waals surface area contributed by atoms with Crippen molar-refractivity contribution in [3.8, 4) is 12.3 Å². The molecule has 0 spiro atoms. The van der Waals surface area contributed by atoms with Gasteiger partial charge in [-0.3, -0.25) is 4.79 Å². The molecule has 0 aliphatic heterocycles. The first kappa shape index (κ1) is 11.9. The zero-order valence-corrected chi connectivity index (χ0v) is 9.21. The minimum Gasteiger partial charge on any atom is -0.355 e. The summed E-state index contributed by atoms with van der Waals surface area (Å²) in [5.74, 6) is 4.22. The van der Waals surface area contributed by atoms with Gasteiger partial charge in [-0.15, -0.1) is 18.2 Å². The number of hydrogen-bond donors (Lipinski definition) is 1. The highest BCUT2D eigenvalue weighted by atomic mass is 79.9. The van der Waals surface area contributed by atoms with Gasteiger partial charge < -0.3 is 5.32 Å². The second-order valence-electron chi connectivity index (χ2n) is 2.05. The molecule has 0 aromatic heterocycles. The van der Waals surface area contributed by atoms with Gasteiger partial charge in [0.2, 0.25) is 5.91 Å². The molecule has 0 aliphatic carbocycles. The van der Waals surface area contributed by atoms with Crippen LogP contribution in [0.1, 0.15) is 6.42 Å². The smallest absolute Gasteiger partial charge is 0.220 e. The van der Waals surface area contributed by atoms with Crippen LogP contribution in [0, 0.1) is 12.3 Å². The monoisotopic (exact) mass is 249 g/mol. The highest BCUT2D eigenvalue weighted by Gasteiger charge is 1.96. The van der Waals surface area contributed by atoms with E-state index in [1.165, 1.54) is 0 Å². The van der Waals surface area contributed by atoms with Gasteiger partial charge in [0.25, 0.3) is 0 Å². The van der Waals surface area contributed by atoms with Crippen molar-refractivity contribution in [3.63, 3.8) is 0 Å². The maximum Gasteiger partial charge on any atom is 0.220 e. The largest absolute Gasteiger partial charge is 0.355 e. The Balaban J connectivity index is 3.09. The minimum atomic E-state index is 0.0909. The van der Waals surface area contributed by atoms with E-state index in [0.29, 0.717) is 18.7 Å². The summed E-state index contributed by atoms with van der Waals surface area (Å²) in [6.07, 6.45) is 5.60. The van der Waals surface area contributed by atoms with Gasteiger partial charge in [-0.1, -0.05) is 21.9 Å². The van der Waals surface area contributed by atoms with E-state index in [0.717, 1.165) is 11.1 Å². The lowest BCUT2D eigenvalue weighted by Gasteiger charge is -2.01. The third kappa shape index (κ3) is 7.96. The molecule has 68 valence electrons. The van der Waals surface area contributed by atoms with Crippen LogP contribution in [0.25, 0.3) is 0 Å². The molecule has 0 atom stereocenters. The van der Waals surface area contributed by atoms with Crippen molar-refractivity contribution in [3.05, 3.63) is 0 Å². The average molecular weight is 250 g/mol. The van der Waals surface area contributed by atoms with Gasteiger partial charge >= 0.3 is 0 Å². The number of carbonyl (C=O) groups excluding carboxylic acids is 1. The van der Waals surface area contributed by atoms with Gasteiger partial charge in [-0.05, 0) is 0 Å². The second kappa shape index (κ2) is 8.95. The number of amides is 1. The van der Waals surface area contributed by atoms with Gasteiger partial charge in [-0.2, -0.15) is 0 Å². The third-order valence-electron chi connectivity index (χ3n) is 1.08. The number of terminal acetylenes is 1. The first-order valence-corrected chi connectivity index (χ1v) is 5.92. The fourth-order valence-corrected chi connectivity index (χ4v) is 1.44. The Labute approximate surface area is 86.0 Å². The molecule has 0 heterocycles. The van der Waals surface area contributed by atoms with Crippen LogP contribution in [0.2, 0.25) is 0 Å². The van der Waals surface area contributed by atoms with Gasteiger partial charge in [-0.25, -0.2) is 0 Å². The van der Waals surface area contributed by atoms with E-state index in [1.54, 1.807) is 11.8 Å². The van der Waals surface area contributed by atoms with Crippen molar-refractivity contribution in [1.29, 1.82) is 0 Å². The second-order valence-corrected chi connectivity index (χ2v) is 3.94. The summed E-state index contributed by atoms with van der Waals surface area (Å²) < 4.78 is 0. The predicted molar refractivity (Wildman–Crippen MR) is 57.6 cm³/mol. The van der Waals surface area contributed by atoms with E-state index in [9.17, 15) is 4.79 Å². The first-order chi connectivity index (χ1) is 5.81. The molecule has 0 radical (unpaired) electrons. The first-order valence-electron chi connectivity index (χ1n) is 3.65. The average Bonchev–Trinajstić information content (AvgIpc) is 2.05. The number of hydrogen-bond acceptors (Lipinski definition) is 2. The van der Waals surface area contributed by atoms with E-state index >= 15 is 0 Å². The van der Waals surface area contributed by atoms with Crippen LogP contribution in [0.5, 0.6) is 0 Å². The van der Waals surface area contributed by atoms with Gasteiger partial charge in [0, 0.05) is 24.0 Å². The molecule has 0 aromatic rings. The molecule has 0 aliphatic rings. The lowest BCUT2D eigenvalue weighted by Crippen LogP contribution is -2.25. The highest BCUT2D eigenvalue weighted by molar-refractivity contribution is 9.09. The number of halogens is 1. The lowest BCUT2D eigenvalue weighted by atomic mass is 10.4. The molecule has 0 aromatic carbocycles. The lowest BCUT2D eigenvalue weighted by molar-refractivity contribution is -0.120. The fourth-order valence-electron chi connectivity index (χ4n) is 0.568. The molecule has 1 amide bonds. The number of rotatable bonds is 6. The molecule has 0 saturated carbocycles. The van der Waals surface area contributed by atoms with E-state index in [4.69, 9.17) is 6.42 Å². The predicted octanol–water partition coefficient (Wildman–Crippen LogP) is 1.25. The topological polar surface area (TPSA) is 29.1 Å². The van der Waals surface area contributed by atoms with E-state index in [2.05, 4.69) is 27.2 Å². The SMILES string of the molecule is C#CCSCCNC(=O)CCBr. The van der Waals surface area contributed by atoms with Crippen molar-refractivity contribution in [2.45, 2.75) is 6.42 Å². The van der Waals surface area contributed by atoms with Crippen molar-refractivity contribution >= 4 is 33.6 Å². The van der Waals surface area contributed by atoms with Crippen LogP contribution in [-0.2, 0) is 4.79 Å². The molecule has 0 fully saturated rings. The molecule has 0 unspecified atom stereocenters. The number of carbonyl (C=O) groups is 1. The van der Waals surface area contributed by atoms with E-state index in [1.807, 2.05) is 0 Å². The van der Waals surface area contributed by atoms with Crippen molar-refractivity contribution in [1.82, 2.24) is 5.32 Å². The molecule has 2 nitrogen and oxygen atoms in total. The van der Waals surface area contributed by atoms with Gasteiger partial charge in [0.1, 0.15) is 0 Å². The maximum absolute atomic E-state index is 10.9. The summed E-state index contributed by atoms with van der Waals surface area (Å²) in [5, 5.41) is 3.50. The number of nitrogens with one attached hydrogen (secondary N) is 1. The molecule has 0 rings (SSSR count). The van der Waals surface area contributed by atoms with Crippen LogP contribution in [0.3, 0.4) is 0 Å². The van der Waals surface area contributed by atoms with E-state index in [-0.39, 0.29) is 5.91 Å². The summed E-state index contributed by atoms with van der Waals surface area (Å²) >= 11 is 4.84. The Morgan fingerprint density at radius 2 is 2.42 bits per heavy atom. The summed E-state index contributed by atoms with van der Waals surface area (Å²) in [6, 6.07) is 0. The molecule has 1 N–H and O–H groups in total. The third-order valence-corrected chi connectivity index (χ3v) is 2.34. The van der Waals surface area contributed by atoms with Crippen molar-refractivity contribution < 1.29 is 4.79 Å². The zero-order valence-electron chi connectivity index (χ0n) is 6.81. The molecule has 12 heavy (non-hydrogen) atoms. The van der Waals surface area contributed by atoms with Crippen LogP contribution in [-0.4, -0.2) is 29.3 Å². The molecular formula is C8H12BrNOS. The maximum atomic E-state index is 10.9. The normalized spacial score (nSPS) is 9.00. The summed E-state index contributed by atoms with van der Waals surface area (Å²) in [4.78, 5) is 10.9. The van der Waals surface area contributed by atoms with Crippen LogP contribution >= 0.6 is 27.7 Å². The zero-order chi connectivity index (χ0) is 9.23. The Morgan fingerprint density at radius 3 is 3.00 bits per heavy atom. The molecule has 0 saturated heterocycles. The Bertz CT molecular complexity index is 167. The number of alkyl halides is 1. The fraction of sp³-hybridized carbons (Fsp3) is 0.625. The van der Waals surface area contributed by atoms with Crippen molar-refractivity contribution in [2.75, 3.05) is 23.4 Å².